The Morgan fingerprint density at radius 1 is 1.35 bits per heavy atom. The number of halogens is 1. The molecule has 6 heteroatoms. The standard InChI is InChI=1S/C14H17BrN4S/c1-4-16-11-8-12(19-13(18-11)9(2)3)20-14-10(15)6-5-7-17-14/h5-9H,4H2,1-3H3,(H,16,18,19). The van der Waals surface area contributed by atoms with E-state index in [0.717, 1.165) is 32.7 Å². The topological polar surface area (TPSA) is 50.7 Å². The van der Waals surface area contributed by atoms with Crippen LogP contribution >= 0.6 is 27.7 Å². The molecule has 2 aromatic heterocycles. The van der Waals surface area contributed by atoms with E-state index in [4.69, 9.17) is 0 Å². The van der Waals surface area contributed by atoms with Gasteiger partial charge in [-0.2, -0.15) is 0 Å². The molecule has 1 N–H and O–H groups in total. The van der Waals surface area contributed by atoms with Gasteiger partial charge in [0.25, 0.3) is 0 Å². The molecular formula is C14H17BrN4S. The second kappa shape index (κ2) is 7.04. The minimum absolute atomic E-state index is 0.292. The highest BCUT2D eigenvalue weighted by Gasteiger charge is 2.10. The molecule has 4 nitrogen and oxygen atoms in total. The second-order valence-electron chi connectivity index (χ2n) is 4.53. The maximum Gasteiger partial charge on any atom is 0.134 e. The zero-order chi connectivity index (χ0) is 14.5. The molecule has 0 bridgehead atoms. The molecular weight excluding hydrogens is 336 g/mol. The van der Waals surface area contributed by atoms with Crippen LogP contribution in [0.4, 0.5) is 5.82 Å². The number of nitrogens with zero attached hydrogens (tertiary/aromatic N) is 3. The van der Waals surface area contributed by atoms with Crippen molar-refractivity contribution in [2.45, 2.75) is 36.7 Å². The Morgan fingerprint density at radius 3 is 2.80 bits per heavy atom. The Bertz CT molecular complexity index is 589. The minimum atomic E-state index is 0.292. The van der Waals surface area contributed by atoms with Crippen LogP contribution in [0.25, 0.3) is 0 Å². The third kappa shape index (κ3) is 3.93. The van der Waals surface area contributed by atoms with E-state index in [2.05, 4.69) is 57.0 Å². The molecule has 0 saturated carbocycles. The van der Waals surface area contributed by atoms with Crippen LogP contribution < -0.4 is 5.32 Å². The van der Waals surface area contributed by atoms with Crippen LogP contribution in [0.15, 0.2) is 38.9 Å². The number of hydrogen-bond acceptors (Lipinski definition) is 5. The molecule has 0 aliphatic heterocycles. The Labute approximate surface area is 132 Å². The van der Waals surface area contributed by atoms with Gasteiger partial charge in [0.2, 0.25) is 0 Å². The molecule has 0 unspecified atom stereocenters. The summed E-state index contributed by atoms with van der Waals surface area (Å²) in [5.74, 6) is 2.00. The van der Waals surface area contributed by atoms with Crippen LogP contribution in [0.1, 0.15) is 32.5 Å². The van der Waals surface area contributed by atoms with Crippen LogP contribution in [0, 0.1) is 0 Å². The van der Waals surface area contributed by atoms with Crippen LogP contribution in [0.3, 0.4) is 0 Å². The normalized spacial score (nSPS) is 10.8. The summed E-state index contributed by atoms with van der Waals surface area (Å²) in [6.45, 7) is 7.08. The predicted molar refractivity (Wildman–Crippen MR) is 86.3 cm³/mol. The van der Waals surface area contributed by atoms with Crippen LogP contribution in [-0.2, 0) is 0 Å². The lowest BCUT2D eigenvalue weighted by Crippen LogP contribution is -2.05. The van der Waals surface area contributed by atoms with Crippen molar-refractivity contribution in [2.75, 3.05) is 11.9 Å². The third-order valence-corrected chi connectivity index (χ3v) is 4.36. The van der Waals surface area contributed by atoms with E-state index in [9.17, 15) is 0 Å². The Kier molecular flexibility index (Phi) is 5.37. The van der Waals surface area contributed by atoms with Gasteiger partial charge in [-0.25, -0.2) is 15.0 Å². The lowest BCUT2D eigenvalue weighted by atomic mass is 10.2. The zero-order valence-electron chi connectivity index (χ0n) is 11.7. The quantitative estimate of drug-likeness (QED) is 0.811. The fourth-order valence-corrected chi connectivity index (χ4v) is 2.86. The van der Waals surface area contributed by atoms with Gasteiger partial charge in [0, 0.05) is 24.7 Å². The Balaban J connectivity index is 2.33. The first-order valence-corrected chi connectivity index (χ1v) is 8.12. The van der Waals surface area contributed by atoms with Crippen LogP contribution in [0.5, 0.6) is 0 Å². The van der Waals surface area contributed by atoms with Gasteiger partial charge in [0.05, 0.1) is 4.47 Å². The summed E-state index contributed by atoms with van der Waals surface area (Å²) in [6, 6.07) is 5.84. The summed E-state index contributed by atoms with van der Waals surface area (Å²) in [5.41, 5.74) is 0. The third-order valence-electron chi connectivity index (χ3n) is 2.52. The van der Waals surface area contributed by atoms with E-state index in [1.54, 1.807) is 6.20 Å². The summed E-state index contributed by atoms with van der Waals surface area (Å²) in [6.07, 6.45) is 1.78. The van der Waals surface area contributed by atoms with Crippen molar-refractivity contribution < 1.29 is 0 Å². The zero-order valence-corrected chi connectivity index (χ0v) is 14.1. The monoisotopic (exact) mass is 352 g/mol. The lowest BCUT2D eigenvalue weighted by Gasteiger charge is -2.10. The van der Waals surface area contributed by atoms with Gasteiger partial charge in [0.15, 0.2) is 0 Å². The molecule has 2 aromatic rings. The van der Waals surface area contributed by atoms with Gasteiger partial charge in [0.1, 0.15) is 21.7 Å². The highest BCUT2D eigenvalue weighted by molar-refractivity contribution is 9.10. The fraction of sp³-hybridized carbons (Fsp3) is 0.357. The molecule has 2 heterocycles. The molecule has 0 aliphatic rings. The van der Waals surface area contributed by atoms with Crippen molar-refractivity contribution in [2.24, 2.45) is 0 Å². The average molecular weight is 353 g/mol. The molecule has 0 spiro atoms. The maximum atomic E-state index is 4.60. The van der Waals surface area contributed by atoms with E-state index < -0.39 is 0 Å². The first-order chi connectivity index (χ1) is 9.60. The van der Waals surface area contributed by atoms with Crippen molar-refractivity contribution in [3.8, 4) is 0 Å². The van der Waals surface area contributed by atoms with Crippen molar-refractivity contribution in [3.05, 3.63) is 34.7 Å². The number of anilines is 1. The summed E-state index contributed by atoms with van der Waals surface area (Å²) in [7, 11) is 0. The van der Waals surface area contributed by atoms with Gasteiger partial charge in [-0.15, -0.1) is 0 Å². The van der Waals surface area contributed by atoms with E-state index in [1.807, 2.05) is 18.2 Å². The average Bonchev–Trinajstić information content (AvgIpc) is 2.41. The van der Waals surface area contributed by atoms with Crippen molar-refractivity contribution in [3.63, 3.8) is 0 Å². The van der Waals surface area contributed by atoms with Gasteiger partial charge < -0.3 is 5.32 Å². The molecule has 0 aliphatic carbocycles. The number of pyridine rings is 1. The summed E-state index contributed by atoms with van der Waals surface area (Å²) in [4.78, 5) is 13.5. The van der Waals surface area contributed by atoms with E-state index in [1.165, 1.54) is 11.8 Å². The number of rotatable bonds is 5. The Hall–Kier alpha value is -1.14. The summed E-state index contributed by atoms with van der Waals surface area (Å²) < 4.78 is 0.972. The van der Waals surface area contributed by atoms with E-state index in [0.29, 0.717) is 5.92 Å². The molecule has 20 heavy (non-hydrogen) atoms. The van der Waals surface area contributed by atoms with Crippen molar-refractivity contribution in [1.29, 1.82) is 0 Å². The number of nitrogens with one attached hydrogen (secondary N) is 1. The van der Waals surface area contributed by atoms with Crippen molar-refractivity contribution in [1.82, 2.24) is 15.0 Å². The molecule has 0 atom stereocenters. The molecule has 0 saturated heterocycles. The number of hydrogen-bond donors (Lipinski definition) is 1. The highest BCUT2D eigenvalue weighted by Crippen LogP contribution is 2.31. The fourth-order valence-electron chi connectivity index (χ4n) is 1.57. The molecule has 0 amide bonds. The molecule has 106 valence electrons. The van der Waals surface area contributed by atoms with Crippen LogP contribution in [-0.4, -0.2) is 21.5 Å². The molecule has 2 rings (SSSR count). The highest BCUT2D eigenvalue weighted by atomic mass is 79.9. The first kappa shape index (κ1) is 15.3. The summed E-state index contributed by atoms with van der Waals surface area (Å²) >= 11 is 5.04. The predicted octanol–water partition coefficient (Wildman–Crippen LogP) is 4.34. The van der Waals surface area contributed by atoms with Gasteiger partial charge in [-0.1, -0.05) is 13.8 Å². The smallest absolute Gasteiger partial charge is 0.134 e. The van der Waals surface area contributed by atoms with Crippen molar-refractivity contribution >= 4 is 33.5 Å². The molecule has 0 fully saturated rings. The maximum absolute atomic E-state index is 4.60. The van der Waals surface area contributed by atoms with Gasteiger partial charge >= 0.3 is 0 Å². The first-order valence-electron chi connectivity index (χ1n) is 6.51. The number of aromatic nitrogens is 3. The SMILES string of the molecule is CCNc1cc(Sc2ncccc2Br)nc(C(C)C)n1. The molecule has 0 radical (unpaired) electrons. The van der Waals surface area contributed by atoms with E-state index >= 15 is 0 Å². The Morgan fingerprint density at radius 2 is 2.15 bits per heavy atom. The van der Waals surface area contributed by atoms with Gasteiger partial charge in [-0.05, 0) is 46.7 Å². The molecule has 0 aromatic carbocycles. The summed E-state index contributed by atoms with van der Waals surface area (Å²) in [5, 5.41) is 5.05. The van der Waals surface area contributed by atoms with Crippen LogP contribution in [0.2, 0.25) is 0 Å². The van der Waals surface area contributed by atoms with Gasteiger partial charge in [-0.3, -0.25) is 0 Å². The second-order valence-corrected chi connectivity index (χ2v) is 6.39. The minimum Gasteiger partial charge on any atom is -0.370 e. The largest absolute Gasteiger partial charge is 0.370 e. The van der Waals surface area contributed by atoms with E-state index in [-0.39, 0.29) is 0 Å². The lowest BCUT2D eigenvalue weighted by molar-refractivity contribution is 0.754.